The van der Waals surface area contributed by atoms with Crippen molar-refractivity contribution in [1.82, 2.24) is 20.2 Å². The molecule has 0 aliphatic carbocycles. The van der Waals surface area contributed by atoms with E-state index in [9.17, 15) is 4.79 Å². The lowest BCUT2D eigenvalue weighted by molar-refractivity contribution is -0.117. The van der Waals surface area contributed by atoms with Crippen LogP contribution in [0.25, 0.3) is 5.69 Å². The monoisotopic (exact) mass is 288 g/mol. The standard InChI is InChI=1S/C14H20N6O/c1-9(2)6-12(15)14(21)17-13-7-11(5-4-10(13)3)20-8-16-18-19-20/h4-5,7-9,12H,6,15H2,1-3H3,(H,17,21). The summed E-state index contributed by atoms with van der Waals surface area (Å²) in [6.45, 7) is 6.00. The normalized spacial score (nSPS) is 12.4. The Morgan fingerprint density at radius 1 is 1.43 bits per heavy atom. The van der Waals surface area contributed by atoms with E-state index in [0.717, 1.165) is 11.3 Å². The number of tetrazole rings is 1. The second kappa shape index (κ2) is 6.45. The molecule has 0 spiro atoms. The maximum absolute atomic E-state index is 12.1. The molecule has 0 radical (unpaired) electrons. The number of nitrogens with two attached hydrogens (primary N) is 1. The fourth-order valence-electron chi connectivity index (χ4n) is 2.01. The van der Waals surface area contributed by atoms with Crippen LogP contribution in [0.2, 0.25) is 0 Å². The number of benzene rings is 1. The molecule has 0 saturated carbocycles. The molecule has 0 fully saturated rings. The van der Waals surface area contributed by atoms with Gasteiger partial charge in [0, 0.05) is 5.69 Å². The highest BCUT2D eigenvalue weighted by molar-refractivity contribution is 5.95. The van der Waals surface area contributed by atoms with E-state index in [0.29, 0.717) is 18.0 Å². The third kappa shape index (κ3) is 3.85. The zero-order valence-corrected chi connectivity index (χ0v) is 12.4. The van der Waals surface area contributed by atoms with Crippen molar-refractivity contribution in [3.8, 4) is 5.69 Å². The summed E-state index contributed by atoms with van der Waals surface area (Å²) in [7, 11) is 0. The van der Waals surface area contributed by atoms with Crippen LogP contribution in [0.1, 0.15) is 25.8 Å². The van der Waals surface area contributed by atoms with Crippen LogP contribution in [-0.4, -0.2) is 32.2 Å². The minimum atomic E-state index is -0.513. The van der Waals surface area contributed by atoms with Crippen LogP contribution in [0, 0.1) is 12.8 Å². The molecule has 1 atom stereocenters. The van der Waals surface area contributed by atoms with Gasteiger partial charge in [-0.3, -0.25) is 4.79 Å². The van der Waals surface area contributed by atoms with Gasteiger partial charge < -0.3 is 11.1 Å². The average Bonchev–Trinajstić information content (AvgIpc) is 2.94. The van der Waals surface area contributed by atoms with Crippen LogP contribution in [0.3, 0.4) is 0 Å². The Labute approximate surface area is 123 Å². The summed E-state index contributed by atoms with van der Waals surface area (Å²) < 4.78 is 1.53. The van der Waals surface area contributed by atoms with Crippen molar-refractivity contribution in [3.05, 3.63) is 30.1 Å². The van der Waals surface area contributed by atoms with Gasteiger partial charge in [0.1, 0.15) is 6.33 Å². The number of rotatable bonds is 5. The fourth-order valence-corrected chi connectivity index (χ4v) is 2.01. The Kier molecular flexibility index (Phi) is 4.64. The number of hydrogen-bond donors (Lipinski definition) is 2. The van der Waals surface area contributed by atoms with Crippen molar-refractivity contribution >= 4 is 11.6 Å². The predicted molar refractivity (Wildman–Crippen MR) is 80.0 cm³/mol. The number of aromatic nitrogens is 4. The highest BCUT2D eigenvalue weighted by atomic mass is 16.2. The third-order valence-electron chi connectivity index (χ3n) is 3.15. The Morgan fingerprint density at radius 3 is 2.81 bits per heavy atom. The lowest BCUT2D eigenvalue weighted by Crippen LogP contribution is -2.36. The Hall–Kier alpha value is -2.28. The van der Waals surface area contributed by atoms with E-state index in [-0.39, 0.29) is 5.91 Å². The molecular weight excluding hydrogens is 268 g/mol. The largest absolute Gasteiger partial charge is 0.324 e. The minimum Gasteiger partial charge on any atom is -0.324 e. The molecular formula is C14H20N6O. The number of nitrogens with one attached hydrogen (secondary N) is 1. The maximum atomic E-state index is 12.1. The average molecular weight is 288 g/mol. The van der Waals surface area contributed by atoms with Crippen LogP contribution in [0.5, 0.6) is 0 Å². The summed E-state index contributed by atoms with van der Waals surface area (Å²) in [6.07, 6.45) is 2.15. The zero-order valence-electron chi connectivity index (χ0n) is 12.4. The molecule has 112 valence electrons. The lowest BCUT2D eigenvalue weighted by atomic mass is 10.0. The molecule has 0 aliphatic rings. The minimum absolute atomic E-state index is 0.180. The first-order valence-electron chi connectivity index (χ1n) is 6.88. The van der Waals surface area contributed by atoms with Crippen LogP contribution in [-0.2, 0) is 4.79 Å². The summed E-state index contributed by atoms with van der Waals surface area (Å²) in [6, 6.07) is 5.10. The van der Waals surface area contributed by atoms with Crippen molar-refractivity contribution in [2.45, 2.75) is 33.2 Å². The number of carbonyl (C=O) groups excluding carboxylic acids is 1. The van der Waals surface area contributed by atoms with E-state index in [4.69, 9.17) is 5.73 Å². The molecule has 21 heavy (non-hydrogen) atoms. The Bertz CT molecular complexity index is 608. The molecule has 1 amide bonds. The molecule has 0 bridgehead atoms. The molecule has 2 aromatic rings. The number of carbonyl (C=O) groups is 1. The first-order chi connectivity index (χ1) is 9.97. The van der Waals surface area contributed by atoms with Gasteiger partial charge in [-0.05, 0) is 47.4 Å². The third-order valence-corrected chi connectivity index (χ3v) is 3.15. The van der Waals surface area contributed by atoms with Crippen molar-refractivity contribution in [2.24, 2.45) is 11.7 Å². The number of hydrogen-bond acceptors (Lipinski definition) is 5. The van der Waals surface area contributed by atoms with Crippen molar-refractivity contribution in [1.29, 1.82) is 0 Å². The number of nitrogens with zero attached hydrogens (tertiary/aromatic N) is 4. The summed E-state index contributed by atoms with van der Waals surface area (Å²) in [5.41, 5.74) is 8.35. The first kappa shape index (κ1) is 15.1. The number of amides is 1. The summed E-state index contributed by atoms with van der Waals surface area (Å²) in [5, 5.41) is 13.9. The smallest absolute Gasteiger partial charge is 0.241 e. The molecule has 1 heterocycles. The van der Waals surface area contributed by atoms with Gasteiger partial charge in [0.15, 0.2) is 0 Å². The Balaban J connectivity index is 2.16. The van der Waals surface area contributed by atoms with Crippen LogP contribution >= 0.6 is 0 Å². The molecule has 1 aromatic carbocycles. The molecule has 7 nitrogen and oxygen atoms in total. The van der Waals surface area contributed by atoms with Crippen LogP contribution in [0.4, 0.5) is 5.69 Å². The van der Waals surface area contributed by atoms with E-state index >= 15 is 0 Å². The molecule has 1 unspecified atom stereocenters. The summed E-state index contributed by atoms with van der Waals surface area (Å²) >= 11 is 0. The van der Waals surface area contributed by atoms with Gasteiger partial charge in [-0.1, -0.05) is 19.9 Å². The van der Waals surface area contributed by atoms with Crippen molar-refractivity contribution in [3.63, 3.8) is 0 Å². The second-order valence-electron chi connectivity index (χ2n) is 5.48. The zero-order chi connectivity index (χ0) is 15.4. The van der Waals surface area contributed by atoms with Crippen molar-refractivity contribution < 1.29 is 4.79 Å². The molecule has 0 saturated heterocycles. The first-order valence-corrected chi connectivity index (χ1v) is 6.88. The SMILES string of the molecule is Cc1ccc(-n2cnnn2)cc1NC(=O)C(N)CC(C)C. The topological polar surface area (TPSA) is 98.7 Å². The Morgan fingerprint density at radius 2 is 2.19 bits per heavy atom. The lowest BCUT2D eigenvalue weighted by Gasteiger charge is -2.16. The number of anilines is 1. The maximum Gasteiger partial charge on any atom is 0.241 e. The molecule has 3 N–H and O–H groups in total. The van der Waals surface area contributed by atoms with Gasteiger partial charge in [0.05, 0.1) is 11.7 Å². The van der Waals surface area contributed by atoms with E-state index in [2.05, 4.69) is 20.8 Å². The number of aryl methyl sites for hydroxylation is 1. The van der Waals surface area contributed by atoms with Gasteiger partial charge in [-0.15, -0.1) is 5.10 Å². The quantitative estimate of drug-likeness (QED) is 0.863. The summed E-state index contributed by atoms with van der Waals surface area (Å²) in [4.78, 5) is 12.1. The fraction of sp³-hybridized carbons (Fsp3) is 0.429. The van der Waals surface area contributed by atoms with Gasteiger partial charge in [0.25, 0.3) is 0 Å². The van der Waals surface area contributed by atoms with E-state index in [1.165, 1.54) is 11.0 Å². The van der Waals surface area contributed by atoms with E-state index in [1.54, 1.807) is 0 Å². The molecule has 7 heteroatoms. The second-order valence-corrected chi connectivity index (χ2v) is 5.48. The van der Waals surface area contributed by atoms with Gasteiger partial charge in [0.2, 0.25) is 5.91 Å². The van der Waals surface area contributed by atoms with Gasteiger partial charge in [-0.25, -0.2) is 4.68 Å². The van der Waals surface area contributed by atoms with Crippen LogP contribution in [0.15, 0.2) is 24.5 Å². The van der Waals surface area contributed by atoms with E-state index in [1.807, 2.05) is 39.0 Å². The van der Waals surface area contributed by atoms with E-state index < -0.39 is 6.04 Å². The summed E-state index contributed by atoms with van der Waals surface area (Å²) in [5.74, 6) is 0.195. The molecule has 1 aromatic heterocycles. The van der Waals surface area contributed by atoms with Crippen molar-refractivity contribution in [2.75, 3.05) is 5.32 Å². The molecule has 0 aliphatic heterocycles. The van der Waals surface area contributed by atoms with Crippen LogP contribution < -0.4 is 11.1 Å². The molecule has 2 rings (SSSR count). The predicted octanol–water partition coefficient (Wildman–Crippen LogP) is 1.28. The van der Waals surface area contributed by atoms with Gasteiger partial charge in [-0.2, -0.15) is 0 Å². The van der Waals surface area contributed by atoms with Gasteiger partial charge >= 0.3 is 0 Å². The highest BCUT2D eigenvalue weighted by Gasteiger charge is 2.16. The highest BCUT2D eigenvalue weighted by Crippen LogP contribution is 2.19.